The molecule has 5 nitrogen and oxygen atoms in total. The predicted molar refractivity (Wildman–Crippen MR) is 120 cm³/mol. The molecule has 0 unspecified atom stereocenters. The molecule has 2 rings (SSSR count). The normalized spacial score (nSPS) is 13.1. The summed E-state index contributed by atoms with van der Waals surface area (Å²) >= 11 is 6.13. The third-order valence-electron chi connectivity index (χ3n) is 4.85. The highest BCUT2D eigenvalue weighted by atomic mass is 35.5. The van der Waals surface area contributed by atoms with Gasteiger partial charge in [0, 0.05) is 5.02 Å². The zero-order valence-corrected chi connectivity index (χ0v) is 19.4. The third-order valence-corrected chi connectivity index (χ3v) is 6.39. The van der Waals surface area contributed by atoms with Crippen LogP contribution in [0, 0.1) is 6.92 Å². The largest absolute Gasteiger partial charge is 0.348 e. The second-order valence-corrected chi connectivity index (χ2v) is 10.6. The molecule has 29 heavy (non-hydrogen) atoms. The van der Waals surface area contributed by atoms with Crippen LogP contribution in [0.3, 0.4) is 0 Å². The van der Waals surface area contributed by atoms with Gasteiger partial charge in [-0.25, -0.2) is 8.42 Å². The molecule has 1 N–H and O–H groups in total. The second-order valence-electron chi connectivity index (χ2n) is 8.31. The molecule has 0 radical (unpaired) electrons. The Hall–Kier alpha value is -2.05. The SMILES string of the molecule is Cc1c(Cl)cccc1N(CC(=O)N[C@@H](C)c1ccc(C(C)(C)C)cc1)S(C)(=O)=O. The zero-order chi connectivity index (χ0) is 22.0. The Bertz CT molecular complexity index is 980. The molecule has 0 saturated carbocycles. The molecule has 0 saturated heterocycles. The first-order chi connectivity index (χ1) is 13.3. The Balaban J connectivity index is 2.17. The van der Waals surface area contributed by atoms with Crippen LogP contribution in [0.2, 0.25) is 5.02 Å². The average molecular weight is 437 g/mol. The molecule has 158 valence electrons. The molecule has 0 bridgehead atoms. The summed E-state index contributed by atoms with van der Waals surface area (Å²) in [5.74, 6) is -0.387. The number of nitrogens with zero attached hydrogens (tertiary/aromatic N) is 1. The maximum absolute atomic E-state index is 12.6. The summed E-state index contributed by atoms with van der Waals surface area (Å²) in [6, 6.07) is 12.8. The van der Waals surface area contributed by atoms with Crippen LogP contribution in [0.15, 0.2) is 42.5 Å². The van der Waals surface area contributed by atoms with E-state index in [2.05, 4.69) is 38.2 Å². The van der Waals surface area contributed by atoms with Gasteiger partial charge in [-0.2, -0.15) is 0 Å². The number of carbonyl (C=O) groups is 1. The number of hydrogen-bond acceptors (Lipinski definition) is 3. The summed E-state index contributed by atoms with van der Waals surface area (Å²) in [6.07, 6.45) is 1.08. The van der Waals surface area contributed by atoms with Gasteiger partial charge in [0.1, 0.15) is 6.54 Å². The number of sulfonamides is 1. The molecule has 0 aliphatic heterocycles. The minimum Gasteiger partial charge on any atom is -0.348 e. The summed E-state index contributed by atoms with van der Waals surface area (Å²) in [4.78, 5) is 12.6. The summed E-state index contributed by atoms with van der Waals surface area (Å²) in [6.45, 7) is 9.72. The van der Waals surface area contributed by atoms with E-state index in [9.17, 15) is 13.2 Å². The fourth-order valence-corrected chi connectivity index (χ4v) is 4.10. The van der Waals surface area contributed by atoms with Crippen LogP contribution < -0.4 is 9.62 Å². The predicted octanol–water partition coefficient (Wildman–Crippen LogP) is 4.59. The van der Waals surface area contributed by atoms with Crippen molar-refractivity contribution in [3.05, 3.63) is 64.2 Å². The summed E-state index contributed by atoms with van der Waals surface area (Å²) in [5.41, 5.74) is 3.22. The van der Waals surface area contributed by atoms with Crippen LogP contribution in [-0.2, 0) is 20.2 Å². The molecule has 7 heteroatoms. The maximum Gasteiger partial charge on any atom is 0.241 e. The van der Waals surface area contributed by atoms with Gasteiger partial charge in [-0.3, -0.25) is 9.10 Å². The van der Waals surface area contributed by atoms with E-state index in [1.165, 1.54) is 5.56 Å². The van der Waals surface area contributed by atoms with Gasteiger partial charge < -0.3 is 5.32 Å². The minimum absolute atomic E-state index is 0.0514. The van der Waals surface area contributed by atoms with Gasteiger partial charge in [0.25, 0.3) is 0 Å². The molecule has 0 fully saturated rings. The van der Waals surface area contributed by atoms with E-state index in [1.54, 1.807) is 25.1 Å². The number of anilines is 1. The number of nitrogens with one attached hydrogen (secondary N) is 1. The Kier molecular flexibility index (Phi) is 7.01. The lowest BCUT2D eigenvalue weighted by molar-refractivity contribution is -0.120. The van der Waals surface area contributed by atoms with Crippen LogP contribution in [-0.4, -0.2) is 27.1 Å². The van der Waals surface area contributed by atoms with E-state index in [1.807, 2.05) is 19.1 Å². The molecule has 2 aromatic rings. The van der Waals surface area contributed by atoms with Gasteiger partial charge >= 0.3 is 0 Å². The lowest BCUT2D eigenvalue weighted by atomic mass is 9.86. The van der Waals surface area contributed by atoms with E-state index >= 15 is 0 Å². The fourth-order valence-electron chi connectivity index (χ4n) is 3.02. The lowest BCUT2D eigenvalue weighted by Crippen LogP contribution is -2.41. The molecular formula is C22H29ClN2O3S. The highest BCUT2D eigenvalue weighted by Gasteiger charge is 2.24. The smallest absolute Gasteiger partial charge is 0.241 e. The minimum atomic E-state index is -3.66. The van der Waals surface area contributed by atoms with Crippen molar-refractivity contribution in [2.24, 2.45) is 0 Å². The third kappa shape index (κ3) is 5.97. The Morgan fingerprint density at radius 3 is 2.24 bits per heavy atom. The van der Waals surface area contributed by atoms with Crippen molar-refractivity contribution in [1.29, 1.82) is 0 Å². The molecule has 0 spiro atoms. The molecule has 0 heterocycles. The van der Waals surface area contributed by atoms with Crippen molar-refractivity contribution < 1.29 is 13.2 Å². The van der Waals surface area contributed by atoms with E-state index in [-0.39, 0.29) is 23.9 Å². The van der Waals surface area contributed by atoms with E-state index < -0.39 is 10.0 Å². The molecule has 1 atom stereocenters. The van der Waals surface area contributed by atoms with Gasteiger partial charge in [0.05, 0.1) is 18.0 Å². The highest BCUT2D eigenvalue weighted by Crippen LogP contribution is 2.28. The number of amides is 1. The second kappa shape index (κ2) is 8.76. The zero-order valence-electron chi connectivity index (χ0n) is 17.8. The number of carbonyl (C=O) groups excluding carboxylic acids is 1. The Morgan fingerprint density at radius 2 is 1.72 bits per heavy atom. The first-order valence-electron chi connectivity index (χ1n) is 9.43. The molecule has 1 amide bonds. The van der Waals surface area contributed by atoms with Crippen molar-refractivity contribution in [2.75, 3.05) is 17.1 Å². The van der Waals surface area contributed by atoms with Crippen LogP contribution in [0.4, 0.5) is 5.69 Å². The van der Waals surface area contributed by atoms with E-state index in [0.717, 1.165) is 16.1 Å². The molecule has 2 aromatic carbocycles. The van der Waals surface area contributed by atoms with Crippen molar-refractivity contribution in [2.45, 2.75) is 46.1 Å². The number of rotatable bonds is 6. The summed E-state index contributed by atoms with van der Waals surface area (Å²) in [7, 11) is -3.66. The first kappa shape index (κ1) is 23.2. The number of benzene rings is 2. The summed E-state index contributed by atoms with van der Waals surface area (Å²) in [5, 5.41) is 3.33. The van der Waals surface area contributed by atoms with Crippen molar-refractivity contribution in [3.63, 3.8) is 0 Å². The fraction of sp³-hybridized carbons (Fsp3) is 0.409. The van der Waals surface area contributed by atoms with Gasteiger partial charge in [0.2, 0.25) is 15.9 Å². The molecule has 0 aliphatic carbocycles. The van der Waals surface area contributed by atoms with Crippen molar-refractivity contribution >= 4 is 33.2 Å². The van der Waals surface area contributed by atoms with E-state index in [0.29, 0.717) is 16.3 Å². The maximum atomic E-state index is 12.6. The summed E-state index contributed by atoms with van der Waals surface area (Å²) < 4.78 is 25.7. The molecule has 0 aromatic heterocycles. The van der Waals surface area contributed by atoms with Gasteiger partial charge in [0.15, 0.2) is 0 Å². The first-order valence-corrected chi connectivity index (χ1v) is 11.7. The van der Waals surface area contributed by atoms with Crippen LogP contribution in [0.1, 0.15) is 50.4 Å². The van der Waals surface area contributed by atoms with Crippen LogP contribution >= 0.6 is 11.6 Å². The van der Waals surface area contributed by atoms with Crippen molar-refractivity contribution in [1.82, 2.24) is 5.32 Å². The highest BCUT2D eigenvalue weighted by molar-refractivity contribution is 7.92. The number of halogens is 1. The quantitative estimate of drug-likeness (QED) is 0.720. The van der Waals surface area contributed by atoms with Gasteiger partial charge in [-0.15, -0.1) is 0 Å². The topological polar surface area (TPSA) is 66.5 Å². The average Bonchev–Trinajstić information content (AvgIpc) is 2.61. The van der Waals surface area contributed by atoms with Crippen LogP contribution in [0.25, 0.3) is 0 Å². The monoisotopic (exact) mass is 436 g/mol. The Morgan fingerprint density at radius 1 is 1.14 bits per heavy atom. The van der Waals surface area contributed by atoms with E-state index in [4.69, 9.17) is 11.6 Å². The van der Waals surface area contributed by atoms with Gasteiger partial charge in [-0.05, 0) is 48.1 Å². The van der Waals surface area contributed by atoms with Crippen molar-refractivity contribution in [3.8, 4) is 0 Å². The van der Waals surface area contributed by atoms with Crippen LogP contribution in [0.5, 0.6) is 0 Å². The standard InChI is InChI=1S/C22H29ClN2O3S/c1-15-19(23)8-7-9-20(15)25(29(6,27)28)14-21(26)24-16(2)17-10-12-18(13-11-17)22(3,4)5/h7-13,16H,14H2,1-6H3,(H,24,26)/t16-/m0/s1. The lowest BCUT2D eigenvalue weighted by Gasteiger charge is -2.25. The Labute approximate surface area is 179 Å². The van der Waals surface area contributed by atoms with Gasteiger partial charge in [-0.1, -0.05) is 62.7 Å². The number of hydrogen-bond donors (Lipinski definition) is 1. The molecule has 0 aliphatic rings. The molecular weight excluding hydrogens is 408 g/mol.